The summed E-state index contributed by atoms with van der Waals surface area (Å²) in [4.78, 5) is 21.1. The zero-order valence-electron chi connectivity index (χ0n) is 16.8. The largest absolute Gasteiger partial charge is 0.494 e. The highest BCUT2D eigenvalue weighted by Crippen LogP contribution is 2.29. The minimum atomic E-state index is -0.245. The van der Waals surface area contributed by atoms with Gasteiger partial charge in [-0.2, -0.15) is 0 Å². The van der Waals surface area contributed by atoms with E-state index in [0.29, 0.717) is 23.9 Å². The number of hydrogen-bond donors (Lipinski definition) is 2. The Kier molecular flexibility index (Phi) is 6.06. The Hall–Kier alpha value is -2.84. The van der Waals surface area contributed by atoms with Gasteiger partial charge >= 0.3 is 4.87 Å². The van der Waals surface area contributed by atoms with Crippen molar-refractivity contribution in [2.24, 2.45) is 0 Å². The van der Waals surface area contributed by atoms with Gasteiger partial charge in [0.1, 0.15) is 12.4 Å². The van der Waals surface area contributed by atoms with E-state index in [9.17, 15) is 9.90 Å². The molecule has 6 nitrogen and oxygen atoms in total. The molecule has 4 aromatic rings. The molecule has 0 aliphatic rings. The number of aromatic nitrogens is 2. The number of ether oxygens (including phenoxy) is 1. The third-order valence-corrected chi connectivity index (χ3v) is 6.69. The van der Waals surface area contributed by atoms with Crippen molar-refractivity contribution >= 4 is 38.0 Å². The lowest BCUT2D eigenvalue weighted by molar-refractivity contribution is 0.320. The van der Waals surface area contributed by atoms with Crippen LogP contribution in [0.2, 0.25) is 0 Å². The molecule has 0 fully saturated rings. The number of aromatic amines is 1. The van der Waals surface area contributed by atoms with Crippen molar-refractivity contribution in [2.75, 3.05) is 18.1 Å². The third-order valence-electron chi connectivity index (χ3n) is 4.74. The summed E-state index contributed by atoms with van der Waals surface area (Å²) in [6.45, 7) is 5.61. The molecular formula is C22H23N3O3S2. The number of nitrogens with zero attached hydrogens (tertiary/aromatic N) is 2. The van der Waals surface area contributed by atoms with Gasteiger partial charge < -0.3 is 14.7 Å². The van der Waals surface area contributed by atoms with E-state index in [1.165, 1.54) is 4.70 Å². The SMILES string of the molecule is CC(C)N(CCOc1ccc(Cc2sc(=O)[nH]c2O)cc1)c1nc2ccccc2s1. The van der Waals surface area contributed by atoms with Crippen molar-refractivity contribution in [3.05, 3.63) is 68.6 Å². The molecule has 0 radical (unpaired) electrons. The van der Waals surface area contributed by atoms with Crippen LogP contribution in [0.15, 0.2) is 53.3 Å². The molecule has 0 spiro atoms. The second-order valence-electron chi connectivity index (χ2n) is 7.21. The van der Waals surface area contributed by atoms with E-state index in [1.807, 2.05) is 42.5 Å². The summed E-state index contributed by atoms with van der Waals surface area (Å²) in [6, 6.07) is 16.2. The zero-order chi connectivity index (χ0) is 21.1. The Morgan fingerprint density at radius 2 is 1.90 bits per heavy atom. The van der Waals surface area contributed by atoms with E-state index in [4.69, 9.17) is 9.72 Å². The molecule has 0 saturated carbocycles. The molecule has 0 aliphatic heterocycles. The van der Waals surface area contributed by atoms with Crippen LogP contribution in [-0.4, -0.2) is 34.3 Å². The highest BCUT2D eigenvalue weighted by Gasteiger charge is 2.15. The second kappa shape index (κ2) is 8.89. The summed E-state index contributed by atoms with van der Waals surface area (Å²) in [5, 5.41) is 10.7. The highest BCUT2D eigenvalue weighted by molar-refractivity contribution is 7.22. The Morgan fingerprint density at radius 1 is 1.13 bits per heavy atom. The lowest BCUT2D eigenvalue weighted by atomic mass is 10.1. The molecular weight excluding hydrogens is 418 g/mol. The van der Waals surface area contributed by atoms with Gasteiger partial charge in [-0.05, 0) is 43.7 Å². The van der Waals surface area contributed by atoms with Crippen molar-refractivity contribution < 1.29 is 9.84 Å². The van der Waals surface area contributed by atoms with Gasteiger partial charge in [0, 0.05) is 12.5 Å². The quantitative estimate of drug-likeness (QED) is 0.417. The van der Waals surface area contributed by atoms with Gasteiger partial charge in [-0.15, -0.1) is 0 Å². The molecule has 0 aliphatic carbocycles. The molecule has 0 atom stereocenters. The normalized spacial score (nSPS) is 11.3. The van der Waals surface area contributed by atoms with Gasteiger partial charge in [0.15, 0.2) is 5.13 Å². The average molecular weight is 442 g/mol. The lowest BCUT2D eigenvalue weighted by Gasteiger charge is -2.26. The van der Waals surface area contributed by atoms with Gasteiger partial charge in [0.25, 0.3) is 0 Å². The van der Waals surface area contributed by atoms with Crippen LogP contribution in [0, 0.1) is 0 Å². The van der Waals surface area contributed by atoms with E-state index in [2.05, 4.69) is 29.8 Å². The number of rotatable bonds is 8. The van der Waals surface area contributed by atoms with E-state index in [1.54, 1.807) is 11.3 Å². The number of anilines is 1. The molecule has 0 saturated heterocycles. The van der Waals surface area contributed by atoms with Crippen LogP contribution in [0.1, 0.15) is 24.3 Å². The van der Waals surface area contributed by atoms with Gasteiger partial charge in [-0.25, -0.2) is 4.98 Å². The number of benzene rings is 2. The molecule has 8 heteroatoms. The average Bonchev–Trinajstić information content (AvgIpc) is 3.28. The maximum absolute atomic E-state index is 11.3. The van der Waals surface area contributed by atoms with Crippen molar-refractivity contribution in [2.45, 2.75) is 26.3 Å². The Balaban J connectivity index is 1.36. The minimum absolute atomic E-state index is 0.0473. The molecule has 0 amide bonds. The number of aromatic hydroxyl groups is 1. The van der Waals surface area contributed by atoms with Crippen LogP contribution in [0.5, 0.6) is 11.6 Å². The molecule has 2 aromatic carbocycles. The number of thiazole rings is 2. The summed E-state index contributed by atoms with van der Waals surface area (Å²) in [7, 11) is 0. The number of hydrogen-bond acceptors (Lipinski definition) is 7. The fourth-order valence-corrected chi connectivity index (χ4v) is 5.06. The van der Waals surface area contributed by atoms with Gasteiger partial charge in [0.05, 0.1) is 21.6 Å². The fourth-order valence-electron chi connectivity index (χ4n) is 3.18. The molecule has 156 valence electrons. The van der Waals surface area contributed by atoms with E-state index >= 15 is 0 Å². The molecule has 4 rings (SSSR count). The Morgan fingerprint density at radius 3 is 2.57 bits per heavy atom. The van der Waals surface area contributed by atoms with Gasteiger partial charge in [-0.3, -0.25) is 9.78 Å². The molecule has 2 aromatic heterocycles. The van der Waals surface area contributed by atoms with Crippen LogP contribution in [0.3, 0.4) is 0 Å². The Labute approximate surface area is 182 Å². The highest BCUT2D eigenvalue weighted by atomic mass is 32.1. The first-order chi connectivity index (χ1) is 14.5. The van der Waals surface area contributed by atoms with Gasteiger partial charge in [-0.1, -0.05) is 46.9 Å². The predicted molar refractivity (Wildman–Crippen MR) is 123 cm³/mol. The predicted octanol–water partition coefficient (Wildman–Crippen LogP) is 4.64. The maximum atomic E-state index is 11.3. The van der Waals surface area contributed by atoms with Crippen molar-refractivity contribution in [3.63, 3.8) is 0 Å². The molecule has 2 heterocycles. The maximum Gasteiger partial charge on any atom is 0.307 e. The van der Waals surface area contributed by atoms with Crippen LogP contribution in [0.25, 0.3) is 10.2 Å². The first-order valence-corrected chi connectivity index (χ1v) is 11.4. The second-order valence-corrected chi connectivity index (χ2v) is 9.28. The Bertz CT molecular complexity index is 1150. The summed E-state index contributed by atoms with van der Waals surface area (Å²) in [6.07, 6.45) is 0.508. The summed E-state index contributed by atoms with van der Waals surface area (Å²) in [5.41, 5.74) is 2.03. The summed E-state index contributed by atoms with van der Waals surface area (Å²) in [5.74, 6) is 0.743. The van der Waals surface area contributed by atoms with Crippen LogP contribution < -0.4 is 14.5 Å². The summed E-state index contributed by atoms with van der Waals surface area (Å²) >= 11 is 2.73. The van der Waals surface area contributed by atoms with Gasteiger partial charge in [0.2, 0.25) is 5.88 Å². The minimum Gasteiger partial charge on any atom is -0.494 e. The van der Waals surface area contributed by atoms with Crippen molar-refractivity contribution in [1.29, 1.82) is 0 Å². The van der Waals surface area contributed by atoms with E-state index < -0.39 is 0 Å². The smallest absolute Gasteiger partial charge is 0.307 e. The zero-order valence-corrected chi connectivity index (χ0v) is 18.4. The van der Waals surface area contributed by atoms with Crippen molar-refractivity contribution in [1.82, 2.24) is 9.97 Å². The monoisotopic (exact) mass is 441 g/mol. The fraction of sp³-hybridized carbons (Fsp3) is 0.273. The van der Waals surface area contributed by atoms with Crippen molar-refractivity contribution in [3.8, 4) is 11.6 Å². The van der Waals surface area contributed by atoms with Crippen LogP contribution >= 0.6 is 22.7 Å². The van der Waals surface area contributed by atoms with E-state index in [-0.39, 0.29) is 10.8 Å². The van der Waals surface area contributed by atoms with Crippen LogP contribution in [-0.2, 0) is 6.42 Å². The van der Waals surface area contributed by atoms with Crippen LogP contribution in [0.4, 0.5) is 5.13 Å². The first kappa shape index (κ1) is 20.4. The summed E-state index contributed by atoms with van der Waals surface area (Å²) < 4.78 is 7.14. The molecule has 30 heavy (non-hydrogen) atoms. The number of fused-ring (bicyclic) bond motifs is 1. The van der Waals surface area contributed by atoms with E-state index in [0.717, 1.165) is 39.8 Å². The number of H-pyrrole nitrogens is 1. The third kappa shape index (κ3) is 4.66. The topological polar surface area (TPSA) is 78.5 Å². The standard InChI is InChI=1S/C22H23N3O3S2/c1-14(2)25(21-23-17-5-3-4-6-18(17)29-21)11-12-28-16-9-7-15(8-10-16)13-19-20(26)24-22(27)30-19/h3-10,14,26H,11-13H2,1-2H3,(H,24,27). The number of para-hydroxylation sites is 1. The molecule has 0 bridgehead atoms. The lowest BCUT2D eigenvalue weighted by Crippen LogP contribution is -2.34. The molecule has 2 N–H and O–H groups in total. The first-order valence-electron chi connectivity index (χ1n) is 9.74. The molecule has 0 unspecified atom stereocenters. The number of nitrogens with one attached hydrogen (secondary N) is 1.